The summed E-state index contributed by atoms with van der Waals surface area (Å²) in [7, 11) is 1.82. The molecule has 0 unspecified atom stereocenters. The third kappa shape index (κ3) is 2.10. The highest BCUT2D eigenvalue weighted by molar-refractivity contribution is 9.10. The lowest BCUT2D eigenvalue weighted by Gasteiger charge is -2.28. The molecule has 3 rings (SSSR count). The summed E-state index contributed by atoms with van der Waals surface area (Å²) in [6, 6.07) is 0. The average molecular weight is 342 g/mol. The number of aromatic nitrogens is 2. The van der Waals surface area contributed by atoms with E-state index in [1.807, 2.05) is 14.0 Å². The summed E-state index contributed by atoms with van der Waals surface area (Å²) in [5, 5.41) is 0. The Labute approximate surface area is 124 Å². The van der Waals surface area contributed by atoms with Gasteiger partial charge < -0.3 is 4.90 Å². The van der Waals surface area contributed by atoms with Crippen LogP contribution in [0.3, 0.4) is 0 Å². The molecule has 0 saturated carbocycles. The van der Waals surface area contributed by atoms with E-state index in [9.17, 15) is 4.79 Å². The van der Waals surface area contributed by atoms with Crippen molar-refractivity contribution in [1.82, 2.24) is 9.55 Å². The largest absolute Gasteiger partial charge is 0.342 e. The van der Waals surface area contributed by atoms with Crippen LogP contribution in [0.1, 0.15) is 24.1 Å². The second-order valence-corrected chi connectivity index (χ2v) is 6.99. The van der Waals surface area contributed by atoms with E-state index < -0.39 is 0 Å². The molecule has 0 amide bonds. The number of hydrogen-bond acceptors (Lipinski definition) is 4. The van der Waals surface area contributed by atoms with Gasteiger partial charge in [-0.15, -0.1) is 11.3 Å². The first kappa shape index (κ1) is 13.1. The maximum atomic E-state index is 12.4. The Hall–Kier alpha value is -0.880. The van der Waals surface area contributed by atoms with Crippen molar-refractivity contribution in [3.05, 3.63) is 19.7 Å². The SMILES string of the molecule is Cc1sc2c(=O)n(C)c(N3CCCCC3)nc2c1Br. The molecular formula is C13H16BrN3OS. The van der Waals surface area contributed by atoms with Crippen molar-refractivity contribution in [3.63, 3.8) is 0 Å². The van der Waals surface area contributed by atoms with Crippen LogP contribution >= 0.6 is 27.3 Å². The molecular weight excluding hydrogens is 326 g/mol. The molecule has 1 aliphatic heterocycles. The predicted octanol–water partition coefficient (Wildman–Crippen LogP) is 3.06. The van der Waals surface area contributed by atoms with E-state index in [4.69, 9.17) is 4.98 Å². The van der Waals surface area contributed by atoms with Gasteiger partial charge in [0, 0.05) is 25.0 Å². The molecule has 0 aromatic carbocycles. The minimum atomic E-state index is 0.0596. The van der Waals surface area contributed by atoms with Gasteiger partial charge in [0.1, 0.15) is 10.2 Å². The zero-order chi connectivity index (χ0) is 13.6. The number of thiophene rings is 1. The topological polar surface area (TPSA) is 38.1 Å². The molecule has 0 radical (unpaired) electrons. The third-order valence-corrected chi connectivity index (χ3v) is 5.95. The molecule has 0 spiro atoms. The third-order valence-electron chi connectivity index (χ3n) is 3.64. The van der Waals surface area contributed by atoms with Crippen LogP contribution in [0.2, 0.25) is 0 Å². The number of halogens is 1. The van der Waals surface area contributed by atoms with Crippen LogP contribution in [0.25, 0.3) is 10.2 Å². The maximum Gasteiger partial charge on any atom is 0.272 e. The number of nitrogens with zero attached hydrogens (tertiary/aromatic N) is 3. The summed E-state index contributed by atoms with van der Waals surface area (Å²) in [6.07, 6.45) is 3.63. The summed E-state index contributed by atoms with van der Waals surface area (Å²) in [5.41, 5.74) is 0.871. The fraction of sp³-hybridized carbons (Fsp3) is 0.538. The standard InChI is InChI=1S/C13H16BrN3OS/c1-8-9(14)10-11(19-8)12(18)16(2)13(15-10)17-6-4-3-5-7-17/h3-7H2,1-2H3. The van der Waals surface area contributed by atoms with Crippen LogP contribution in [0.4, 0.5) is 5.95 Å². The highest BCUT2D eigenvalue weighted by Gasteiger charge is 2.20. The van der Waals surface area contributed by atoms with E-state index in [1.54, 1.807) is 4.57 Å². The first-order chi connectivity index (χ1) is 9.09. The van der Waals surface area contributed by atoms with Gasteiger partial charge in [-0.1, -0.05) is 0 Å². The van der Waals surface area contributed by atoms with Gasteiger partial charge in [0.25, 0.3) is 5.56 Å². The van der Waals surface area contributed by atoms with Crippen molar-refractivity contribution in [3.8, 4) is 0 Å². The van der Waals surface area contributed by atoms with Gasteiger partial charge in [0.05, 0.1) is 4.47 Å². The molecule has 3 heterocycles. The van der Waals surface area contributed by atoms with E-state index in [0.717, 1.165) is 38.6 Å². The molecule has 0 N–H and O–H groups in total. The highest BCUT2D eigenvalue weighted by Crippen LogP contribution is 2.33. The molecule has 0 aliphatic carbocycles. The lowest BCUT2D eigenvalue weighted by Crippen LogP contribution is -2.35. The molecule has 19 heavy (non-hydrogen) atoms. The number of anilines is 1. The van der Waals surface area contributed by atoms with Crippen LogP contribution in [0, 0.1) is 6.92 Å². The summed E-state index contributed by atoms with van der Waals surface area (Å²) in [5.74, 6) is 0.802. The van der Waals surface area contributed by atoms with E-state index in [1.165, 1.54) is 30.6 Å². The van der Waals surface area contributed by atoms with Crippen LogP contribution in [-0.2, 0) is 7.05 Å². The number of hydrogen-bond donors (Lipinski definition) is 0. The van der Waals surface area contributed by atoms with Crippen LogP contribution in [-0.4, -0.2) is 22.6 Å². The minimum absolute atomic E-state index is 0.0596. The zero-order valence-corrected chi connectivity index (χ0v) is 13.5. The Morgan fingerprint density at radius 1 is 1.26 bits per heavy atom. The fourth-order valence-corrected chi connectivity index (χ4v) is 4.17. The number of piperidine rings is 1. The van der Waals surface area contributed by atoms with Crippen molar-refractivity contribution in [2.75, 3.05) is 18.0 Å². The first-order valence-electron chi connectivity index (χ1n) is 6.50. The van der Waals surface area contributed by atoms with Crippen LogP contribution < -0.4 is 10.5 Å². The Morgan fingerprint density at radius 3 is 2.63 bits per heavy atom. The molecule has 1 aliphatic rings. The van der Waals surface area contributed by atoms with Gasteiger partial charge in [-0.05, 0) is 42.1 Å². The van der Waals surface area contributed by atoms with E-state index in [0.29, 0.717) is 0 Å². The minimum Gasteiger partial charge on any atom is -0.342 e. The summed E-state index contributed by atoms with van der Waals surface area (Å²) < 4.78 is 3.40. The van der Waals surface area contributed by atoms with Gasteiger partial charge in [0.15, 0.2) is 0 Å². The van der Waals surface area contributed by atoms with Crippen molar-refractivity contribution >= 4 is 43.4 Å². The van der Waals surface area contributed by atoms with Gasteiger partial charge in [0.2, 0.25) is 5.95 Å². The average Bonchev–Trinajstić information content (AvgIpc) is 2.71. The molecule has 4 nitrogen and oxygen atoms in total. The fourth-order valence-electron chi connectivity index (χ4n) is 2.55. The highest BCUT2D eigenvalue weighted by atomic mass is 79.9. The number of rotatable bonds is 1. The monoisotopic (exact) mass is 341 g/mol. The second kappa shape index (κ2) is 4.90. The molecule has 0 atom stereocenters. The summed E-state index contributed by atoms with van der Waals surface area (Å²) >= 11 is 5.06. The van der Waals surface area contributed by atoms with Crippen molar-refractivity contribution < 1.29 is 0 Å². The molecule has 6 heteroatoms. The molecule has 102 valence electrons. The van der Waals surface area contributed by atoms with Gasteiger partial charge in [-0.25, -0.2) is 4.98 Å². The molecule has 2 aromatic rings. The van der Waals surface area contributed by atoms with Gasteiger partial charge in [-0.3, -0.25) is 9.36 Å². The maximum absolute atomic E-state index is 12.4. The van der Waals surface area contributed by atoms with E-state index in [-0.39, 0.29) is 5.56 Å². The smallest absolute Gasteiger partial charge is 0.272 e. The quantitative estimate of drug-likeness (QED) is 0.800. The second-order valence-electron chi connectivity index (χ2n) is 4.97. The number of fused-ring (bicyclic) bond motifs is 1. The Kier molecular flexibility index (Phi) is 3.39. The Bertz CT molecular complexity index is 685. The van der Waals surface area contributed by atoms with Crippen molar-refractivity contribution in [1.29, 1.82) is 0 Å². The van der Waals surface area contributed by atoms with Crippen LogP contribution in [0.5, 0.6) is 0 Å². The number of aryl methyl sites for hydroxylation is 1. The molecule has 1 fully saturated rings. The lowest BCUT2D eigenvalue weighted by atomic mass is 10.1. The first-order valence-corrected chi connectivity index (χ1v) is 8.11. The van der Waals surface area contributed by atoms with Crippen molar-refractivity contribution in [2.45, 2.75) is 26.2 Å². The molecule has 0 bridgehead atoms. The molecule has 1 saturated heterocycles. The van der Waals surface area contributed by atoms with Crippen LogP contribution in [0.15, 0.2) is 9.27 Å². The predicted molar refractivity (Wildman–Crippen MR) is 83.4 cm³/mol. The van der Waals surface area contributed by atoms with E-state index >= 15 is 0 Å². The Morgan fingerprint density at radius 2 is 1.95 bits per heavy atom. The lowest BCUT2D eigenvalue weighted by molar-refractivity contribution is 0.558. The molecule has 2 aromatic heterocycles. The van der Waals surface area contributed by atoms with E-state index in [2.05, 4.69) is 20.8 Å². The summed E-state index contributed by atoms with van der Waals surface area (Å²) in [6.45, 7) is 4.00. The normalized spacial score (nSPS) is 16.3. The zero-order valence-electron chi connectivity index (χ0n) is 11.1. The van der Waals surface area contributed by atoms with Gasteiger partial charge >= 0.3 is 0 Å². The summed E-state index contributed by atoms with van der Waals surface area (Å²) in [4.78, 5) is 20.5. The Balaban J connectivity index is 2.22. The van der Waals surface area contributed by atoms with Gasteiger partial charge in [-0.2, -0.15) is 0 Å². The van der Waals surface area contributed by atoms with Crippen molar-refractivity contribution in [2.24, 2.45) is 7.05 Å².